The van der Waals surface area contributed by atoms with E-state index in [4.69, 9.17) is 0 Å². The van der Waals surface area contributed by atoms with Crippen LogP contribution in [-0.2, 0) is 4.79 Å². The molecule has 0 saturated heterocycles. The molecule has 5 heteroatoms. The fourth-order valence-electron chi connectivity index (χ4n) is 1.70. The van der Waals surface area contributed by atoms with Crippen LogP contribution in [0, 0.1) is 0 Å². The van der Waals surface area contributed by atoms with E-state index in [9.17, 15) is 14.7 Å². The second-order valence-electron chi connectivity index (χ2n) is 4.88. The maximum Gasteiger partial charge on any atom is 0.222 e. The van der Waals surface area contributed by atoms with E-state index in [0.29, 0.717) is 18.5 Å². The van der Waals surface area contributed by atoms with Crippen LogP contribution in [0.2, 0.25) is 0 Å². The third-order valence-electron chi connectivity index (χ3n) is 3.04. The number of carbonyl (C=O) groups excluding carboxylic acids is 2. The molecule has 20 heavy (non-hydrogen) atoms. The van der Waals surface area contributed by atoms with Crippen molar-refractivity contribution >= 4 is 27.6 Å². The fourth-order valence-corrected chi connectivity index (χ4v) is 1.96. The van der Waals surface area contributed by atoms with Crippen LogP contribution in [0.4, 0.5) is 0 Å². The third kappa shape index (κ3) is 5.84. The topological polar surface area (TPSA) is 57.6 Å². The van der Waals surface area contributed by atoms with Crippen molar-refractivity contribution in [2.24, 2.45) is 0 Å². The zero-order valence-corrected chi connectivity index (χ0v) is 13.4. The van der Waals surface area contributed by atoms with Gasteiger partial charge in [0.15, 0.2) is 5.78 Å². The second-order valence-corrected chi connectivity index (χ2v) is 5.80. The van der Waals surface area contributed by atoms with Gasteiger partial charge in [-0.3, -0.25) is 9.59 Å². The lowest BCUT2D eigenvalue weighted by molar-refractivity contribution is -0.130. The largest absolute Gasteiger partial charge is 0.393 e. The quantitative estimate of drug-likeness (QED) is 0.775. The number of halogens is 1. The molecule has 1 atom stereocenters. The number of hydrogen-bond acceptors (Lipinski definition) is 3. The summed E-state index contributed by atoms with van der Waals surface area (Å²) < 4.78 is 0.919. The Morgan fingerprint density at radius 1 is 1.25 bits per heavy atom. The minimum atomic E-state index is -0.422. The van der Waals surface area contributed by atoms with E-state index < -0.39 is 6.10 Å². The number of rotatable bonds is 7. The molecule has 0 aromatic heterocycles. The normalized spacial score (nSPS) is 12.0. The molecule has 0 bridgehead atoms. The van der Waals surface area contributed by atoms with E-state index >= 15 is 0 Å². The zero-order chi connectivity index (χ0) is 15.1. The van der Waals surface area contributed by atoms with Crippen LogP contribution in [0.25, 0.3) is 0 Å². The van der Waals surface area contributed by atoms with Gasteiger partial charge in [-0.15, -0.1) is 0 Å². The number of nitrogens with zero attached hydrogens (tertiary/aromatic N) is 1. The van der Waals surface area contributed by atoms with Gasteiger partial charge in [0.1, 0.15) is 0 Å². The van der Waals surface area contributed by atoms with E-state index in [1.165, 1.54) is 0 Å². The molecule has 0 heterocycles. The molecule has 0 saturated carbocycles. The Morgan fingerprint density at radius 2 is 1.85 bits per heavy atom. The molecule has 0 aliphatic rings. The monoisotopic (exact) mass is 341 g/mol. The molecule has 0 spiro atoms. The van der Waals surface area contributed by atoms with Crippen LogP contribution in [0.1, 0.15) is 36.5 Å². The van der Waals surface area contributed by atoms with Gasteiger partial charge in [0, 0.05) is 36.5 Å². The maximum atomic E-state index is 11.9. The molecule has 1 rings (SSSR count). The second kappa shape index (κ2) is 8.17. The lowest BCUT2D eigenvalue weighted by Crippen LogP contribution is -2.29. The highest BCUT2D eigenvalue weighted by Crippen LogP contribution is 2.13. The summed E-state index contributed by atoms with van der Waals surface area (Å²) in [7, 11) is 1.69. The van der Waals surface area contributed by atoms with Crippen molar-refractivity contribution < 1.29 is 14.7 Å². The Labute approximate surface area is 127 Å². The van der Waals surface area contributed by atoms with Gasteiger partial charge in [-0.1, -0.05) is 28.1 Å². The van der Waals surface area contributed by atoms with Gasteiger partial charge in [-0.05, 0) is 25.5 Å². The summed E-state index contributed by atoms with van der Waals surface area (Å²) in [5.74, 6) is -0.106. The van der Waals surface area contributed by atoms with E-state index in [-0.39, 0.29) is 24.5 Å². The number of aliphatic hydroxyl groups excluding tert-OH is 1. The lowest BCUT2D eigenvalue weighted by atomic mass is 10.1. The molecular weight excluding hydrogens is 322 g/mol. The van der Waals surface area contributed by atoms with Gasteiger partial charge in [0.05, 0.1) is 6.10 Å². The minimum absolute atomic E-state index is 0.0326. The van der Waals surface area contributed by atoms with Crippen LogP contribution in [-0.4, -0.2) is 41.4 Å². The standard InChI is InChI=1S/C15H20BrNO3/c1-11(18)9-10-17(2)15(20)8-7-14(19)12-3-5-13(16)6-4-12/h3-6,11,18H,7-10H2,1-2H3. The first-order chi connectivity index (χ1) is 9.40. The van der Waals surface area contributed by atoms with Crippen molar-refractivity contribution in [1.82, 2.24) is 4.90 Å². The Balaban J connectivity index is 2.40. The molecule has 0 radical (unpaired) electrons. The van der Waals surface area contributed by atoms with E-state index in [0.717, 1.165) is 4.47 Å². The summed E-state index contributed by atoms with van der Waals surface area (Å²) in [4.78, 5) is 25.3. The first-order valence-electron chi connectivity index (χ1n) is 6.61. The van der Waals surface area contributed by atoms with Gasteiger partial charge >= 0.3 is 0 Å². The minimum Gasteiger partial charge on any atom is -0.393 e. The van der Waals surface area contributed by atoms with Gasteiger partial charge in [-0.25, -0.2) is 0 Å². The molecule has 4 nitrogen and oxygen atoms in total. The summed E-state index contributed by atoms with van der Waals surface area (Å²) in [6, 6.07) is 7.11. The number of benzene rings is 1. The number of aliphatic hydroxyl groups is 1. The smallest absolute Gasteiger partial charge is 0.222 e. The summed E-state index contributed by atoms with van der Waals surface area (Å²) in [6.45, 7) is 2.19. The summed E-state index contributed by atoms with van der Waals surface area (Å²) in [5.41, 5.74) is 0.618. The number of ketones is 1. The molecule has 1 N–H and O–H groups in total. The Kier molecular flexibility index (Phi) is 6.88. The highest BCUT2D eigenvalue weighted by Gasteiger charge is 2.13. The molecule has 0 fully saturated rings. The first-order valence-corrected chi connectivity index (χ1v) is 7.40. The van der Waals surface area contributed by atoms with Crippen molar-refractivity contribution in [3.05, 3.63) is 34.3 Å². The van der Waals surface area contributed by atoms with Gasteiger partial charge in [-0.2, -0.15) is 0 Å². The van der Waals surface area contributed by atoms with Gasteiger partial charge < -0.3 is 10.0 Å². The van der Waals surface area contributed by atoms with Gasteiger partial charge in [0.2, 0.25) is 5.91 Å². The highest BCUT2D eigenvalue weighted by atomic mass is 79.9. The SMILES string of the molecule is CC(O)CCN(C)C(=O)CCC(=O)c1ccc(Br)cc1. The van der Waals surface area contributed by atoms with Crippen LogP contribution >= 0.6 is 15.9 Å². The first kappa shape index (κ1) is 16.9. The average Bonchev–Trinajstić information content (AvgIpc) is 2.42. The Bertz CT molecular complexity index is 457. The summed E-state index contributed by atoms with van der Waals surface area (Å²) in [5, 5.41) is 9.18. The number of carbonyl (C=O) groups is 2. The van der Waals surface area contributed by atoms with Crippen molar-refractivity contribution in [3.63, 3.8) is 0 Å². The third-order valence-corrected chi connectivity index (χ3v) is 3.57. The zero-order valence-electron chi connectivity index (χ0n) is 11.8. The van der Waals surface area contributed by atoms with E-state index in [1.54, 1.807) is 31.0 Å². The van der Waals surface area contributed by atoms with Crippen molar-refractivity contribution in [2.45, 2.75) is 32.3 Å². The van der Waals surface area contributed by atoms with Crippen molar-refractivity contribution in [3.8, 4) is 0 Å². The molecule has 1 amide bonds. The molecule has 1 aromatic rings. The lowest BCUT2D eigenvalue weighted by Gasteiger charge is -2.17. The predicted molar refractivity (Wildman–Crippen MR) is 81.6 cm³/mol. The van der Waals surface area contributed by atoms with Crippen molar-refractivity contribution in [2.75, 3.05) is 13.6 Å². The Hall–Kier alpha value is -1.20. The van der Waals surface area contributed by atoms with Crippen LogP contribution in [0.15, 0.2) is 28.7 Å². The molecule has 1 unspecified atom stereocenters. The molecule has 110 valence electrons. The number of amides is 1. The number of Topliss-reactive ketones (excluding diaryl/α,β-unsaturated/α-hetero) is 1. The summed E-state index contributed by atoms with van der Waals surface area (Å²) in [6.07, 6.45) is 0.530. The molecule has 1 aromatic carbocycles. The predicted octanol–water partition coefficient (Wildman–Crippen LogP) is 2.64. The van der Waals surface area contributed by atoms with Gasteiger partial charge in [0.25, 0.3) is 0 Å². The fraction of sp³-hybridized carbons (Fsp3) is 0.467. The highest BCUT2D eigenvalue weighted by molar-refractivity contribution is 9.10. The number of hydrogen-bond donors (Lipinski definition) is 1. The van der Waals surface area contributed by atoms with Crippen molar-refractivity contribution in [1.29, 1.82) is 0 Å². The van der Waals surface area contributed by atoms with E-state index in [2.05, 4.69) is 15.9 Å². The van der Waals surface area contributed by atoms with Crippen LogP contribution < -0.4 is 0 Å². The Morgan fingerprint density at radius 3 is 2.40 bits per heavy atom. The average molecular weight is 342 g/mol. The molecular formula is C15H20BrNO3. The van der Waals surface area contributed by atoms with E-state index in [1.807, 2.05) is 12.1 Å². The summed E-state index contributed by atoms with van der Waals surface area (Å²) >= 11 is 3.31. The van der Waals surface area contributed by atoms with Crippen LogP contribution in [0.3, 0.4) is 0 Å². The molecule has 0 aliphatic carbocycles. The molecule has 0 aliphatic heterocycles. The van der Waals surface area contributed by atoms with Crippen LogP contribution in [0.5, 0.6) is 0 Å². The maximum absolute atomic E-state index is 11.9.